The summed E-state index contributed by atoms with van der Waals surface area (Å²) in [5.74, 6) is 0.357. The Balaban J connectivity index is 2.12. The molecule has 1 aliphatic rings. The van der Waals surface area contributed by atoms with E-state index in [-0.39, 0.29) is 17.8 Å². The molecule has 2 aromatic rings. The number of hydrogen-bond donors (Lipinski definition) is 1. The third kappa shape index (κ3) is 3.84. The minimum absolute atomic E-state index is 0.0925. The number of imide groups is 1. The zero-order valence-electron chi connectivity index (χ0n) is 16.8. The summed E-state index contributed by atoms with van der Waals surface area (Å²) in [6, 6.07) is 10.0. The topological polar surface area (TPSA) is 77.1 Å². The standard InChI is InChI=1S/C22H21ClN2O5/c1-5-10-25-21(26)18(13-6-8-14(23)9-7-13)19(22(25)27)24-15-11-16(28-2)20(30-4)17(12-15)29-3/h5-9,11-12,24H,1,10H2,2-4H3. The molecular formula is C22H21ClN2O5. The largest absolute Gasteiger partial charge is 0.493 e. The normalized spacial score (nSPS) is 13.5. The average Bonchev–Trinajstić information content (AvgIpc) is 2.98. The van der Waals surface area contributed by atoms with E-state index in [2.05, 4.69) is 11.9 Å². The van der Waals surface area contributed by atoms with Gasteiger partial charge in [0.2, 0.25) is 5.75 Å². The van der Waals surface area contributed by atoms with Crippen LogP contribution in [0.25, 0.3) is 5.57 Å². The molecule has 156 valence electrons. The van der Waals surface area contributed by atoms with Crippen molar-refractivity contribution < 1.29 is 23.8 Å². The number of methoxy groups -OCH3 is 3. The Hall–Kier alpha value is -3.45. The van der Waals surface area contributed by atoms with E-state index in [0.29, 0.717) is 33.5 Å². The number of ether oxygens (including phenoxy) is 3. The van der Waals surface area contributed by atoms with Crippen LogP contribution in [0, 0.1) is 0 Å². The van der Waals surface area contributed by atoms with Gasteiger partial charge in [0, 0.05) is 29.4 Å². The van der Waals surface area contributed by atoms with Crippen molar-refractivity contribution >= 4 is 34.7 Å². The van der Waals surface area contributed by atoms with Crippen LogP contribution < -0.4 is 19.5 Å². The molecule has 0 bridgehead atoms. The van der Waals surface area contributed by atoms with E-state index >= 15 is 0 Å². The number of carbonyl (C=O) groups is 2. The zero-order valence-corrected chi connectivity index (χ0v) is 17.6. The SMILES string of the molecule is C=CCN1C(=O)C(Nc2cc(OC)c(OC)c(OC)c2)=C(c2ccc(Cl)cc2)C1=O. The first-order valence-corrected chi connectivity index (χ1v) is 9.37. The molecule has 0 unspecified atom stereocenters. The Morgan fingerprint density at radius 2 is 1.60 bits per heavy atom. The molecule has 1 aliphatic heterocycles. The van der Waals surface area contributed by atoms with Gasteiger partial charge < -0.3 is 19.5 Å². The van der Waals surface area contributed by atoms with E-state index in [9.17, 15) is 9.59 Å². The third-order valence-corrected chi connectivity index (χ3v) is 4.80. The van der Waals surface area contributed by atoms with Crippen molar-refractivity contribution in [1.29, 1.82) is 0 Å². The van der Waals surface area contributed by atoms with Gasteiger partial charge in [0.15, 0.2) is 11.5 Å². The van der Waals surface area contributed by atoms with Crippen LogP contribution >= 0.6 is 11.6 Å². The highest BCUT2D eigenvalue weighted by Gasteiger charge is 2.38. The molecule has 0 saturated carbocycles. The first-order valence-electron chi connectivity index (χ1n) is 8.99. The lowest BCUT2D eigenvalue weighted by atomic mass is 10.0. The van der Waals surface area contributed by atoms with Crippen LogP contribution in [0.4, 0.5) is 5.69 Å². The maximum atomic E-state index is 13.0. The minimum Gasteiger partial charge on any atom is -0.493 e. The molecule has 2 aromatic carbocycles. The molecule has 0 saturated heterocycles. The summed E-state index contributed by atoms with van der Waals surface area (Å²) in [4.78, 5) is 27.1. The van der Waals surface area contributed by atoms with Gasteiger partial charge in [0.25, 0.3) is 11.8 Å². The number of halogens is 1. The monoisotopic (exact) mass is 428 g/mol. The van der Waals surface area contributed by atoms with Crippen LogP contribution in [0.3, 0.4) is 0 Å². The van der Waals surface area contributed by atoms with Gasteiger partial charge in [0.1, 0.15) is 5.70 Å². The highest BCUT2D eigenvalue weighted by atomic mass is 35.5. The van der Waals surface area contributed by atoms with Crippen LogP contribution in [0.2, 0.25) is 5.02 Å². The van der Waals surface area contributed by atoms with Gasteiger partial charge in [-0.25, -0.2) is 0 Å². The van der Waals surface area contributed by atoms with Gasteiger partial charge in [-0.3, -0.25) is 14.5 Å². The first kappa shape index (κ1) is 21.3. The van der Waals surface area contributed by atoms with E-state index in [0.717, 1.165) is 4.90 Å². The number of rotatable bonds is 8. The Kier molecular flexibility index (Phi) is 6.32. The summed E-state index contributed by atoms with van der Waals surface area (Å²) >= 11 is 5.98. The fourth-order valence-electron chi connectivity index (χ4n) is 3.17. The fourth-order valence-corrected chi connectivity index (χ4v) is 3.29. The van der Waals surface area contributed by atoms with Gasteiger partial charge in [0.05, 0.1) is 26.9 Å². The molecule has 30 heavy (non-hydrogen) atoms. The van der Waals surface area contributed by atoms with Crippen molar-refractivity contribution in [2.75, 3.05) is 33.2 Å². The molecule has 1 N–H and O–H groups in total. The summed E-state index contributed by atoms with van der Waals surface area (Å²) in [6.07, 6.45) is 1.50. The molecule has 0 aliphatic carbocycles. The van der Waals surface area contributed by atoms with Crippen LogP contribution in [-0.4, -0.2) is 44.6 Å². The van der Waals surface area contributed by atoms with Crippen molar-refractivity contribution in [2.24, 2.45) is 0 Å². The molecule has 8 heteroatoms. The Morgan fingerprint density at radius 3 is 2.10 bits per heavy atom. The quantitative estimate of drug-likeness (QED) is 0.509. The Labute approximate surface area is 179 Å². The predicted molar refractivity (Wildman–Crippen MR) is 115 cm³/mol. The summed E-state index contributed by atoms with van der Waals surface area (Å²) in [6.45, 7) is 3.72. The van der Waals surface area contributed by atoms with Crippen molar-refractivity contribution in [2.45, 2.75) is 0 Å². The molecule has 0 aromatic heterocycles. The zero-order chi connectivity index (χ0) is 21.8. The highest BCUT2D eigenvalue weighted by Crippen LogP contribution is 2.41. The second kappa shape index (κ2) is 8.92. The second-order valence-electron chi connectivity index (χ2n) is 6.31. The van der Waals surface area contributed by atoms with Gasteiger partial charge in [-0.1, -0.05) is 29.8 Å². The maximum Gasteiger partial charge on any atom is 0.278 e. The third-order valence-electron chi connectivity index (χ3n) is 4.55. The van der Waals surface area contributed by atoms with Gasteiger partial charge in [-0.15, -0.1) is 6.58 Å². The minimum atomic E-state index is -0.460. The van der Waals surface area contributed by atoms with E-state index in [1.165, 1.54) is 27.4 Å². The molecule has 2 amide bonds. The average molecular weight is 429 g/mol. The van der Waals surface area contributed by atoms with Crippen molar-refractivity contribution in [1.82, 2.24) is 4.90 Å². The molecule has 7 nitrogen and oxygen atoms in total. The number of nitrogens with zero attached hydrogens (tertiary/aromatic N) is 1. The van der Waals surface area contributed by atoms with Crippen molar-refractivity contribution in [3.05, 3.63) is 65.3 Å². The van der Waals surface area contributed by atoms with Gasteiger partial charge in [-0.2, -0.15) is 0 Å². The second-order valence-corrected chi connectivity index (χ2v) is 6.74. The first-order chi connectivity index (χ1) is 14.4. The van der Waals surface area contributed by atoms with Crippen LogP contribution in [0.15, 0.2) is 54.8 Å². The highest BCUT2D eigenvalue weighted by molar-refractivity contribution is 6.37. The van der Waals surface area contributed by atoms with Crippen molar-refractivity contribution in [3.8, 4) is 17.2 Å². The Bertz CT molecular complexity index is 1010. The van der Waals surface area contributed by atoms with Crippen LogP contribution in [-0.2, 0) is 9.59 Å². The summed E-state index contributed by atoms with van der Waals surface area (Å²) in [5.41, 5.74) is 1.44. The molecule has 1 heterocycles. The number of nitrogens with one attached hydrogen (secondary N) is 1. The molecule has 0 radical (unpaired) electrons. The number of benzene rings is 2. The smallest absolute Gasteiger partial charge is 0.278 e. The Morgan fingerprint density at radius 1 is 1.00 bits per heavy atom. The van der Waals surface area contributed by atoms with E-state index < -0.39 is 11.8 Å². The number of amides is 2. The molecule has 3 rings (SSSR count). The lowest BCUT2D eigenvalue weighted by molar-refractivity contribution is -0.136. The van der Waals surface area contributed by atoms with Gasteiger partial charge in [-0.05, 0) is 17.7 Å². The van der Waals surface area contributed by atoms with E-state index in [1.54, 1.807) is 36.4 Å². The summed E-state index contributed by atoms with van der Waals surface area (Å²) in [7, 11) is 4.49. The lowest BCUT2D eigenvalue weighted by Crippen LogP contribution is -2.32. The molecule has 0 atom stereocenters. The fraction of sp³-hybridized carbons (Fsp3) is 0.182. The summed E-state index contributed by atoms with van der Waals surface area (Å²) in [5, 5.41) is 3.58. The van der Waals surface area contributed by atoms with Gasteiger partial charge >= 0.3 is 0 Å². The lowest BCUT2D eigenvalue weighted by Gasteiger charge is -2.16. The molecule has 0 fully saturated rings. The van der Waals surface area contributed by atoms with Crippen molar-refractivity contribution in [3.63, 3.8) is 0 Å². The number of hydrogen-bond acceptors (Lipinski definition) is 6. The maximum absolute atomic E-state index is 13.0. The van der Waals surface area contributed by atoms with E-state index in [4.69, 9.17) is 25.8 Å². The molecular weight excluding hydrogens is 408 g/mol. The summed E-state index contributed by atoms with van der Waals surface area (Å²) < 4.78 is 16.1. The number of anilines is 1. The van der Waals surface area contributed by atoms with E-state index in [1.807, 2.05) is 0 Å². The molecule has 0 spiro atoms. The number of carbonyl (C=O) groups excluding carboxylic acids is 2. The van der Waals surface area contributed by atoms with Crippen LogP contribution in [0.1, 0.15) is 5.56 Å². The van der Waals surface area contributed by atoms with Crippen LogP contribution in [0.5, 0.6) is 17.2 Å². The predicted octanol–water partition coefficient (Wildman–Crippen LogP) is 3.74.